The summed E-state index contributed by atoms with van der Waals surface area (Å²) in [7, 11) is 0. The molecule has 23 heavy (non-hydrogen) atoms. The number of carbonyl (C=O) groups is 3. The average molecular weight is 316 g/mol. The van der Waals surface area contributed by atoms with E-state index in [1.807, 2.05) is 24.3 Å². The zero-order chi connectivity index (χ0) is 16.4. The van der Waals surface area contributed by atoms with Gasteiger partial charge >= 0.3 is 6.09 Å². The maximum Gasteiger partial charge on any atom is 0.411 e. The molecule has 2 aliphatic rings. The number of hydrogen-bond acceptors (Lipinski definition) is 4. The summed E-state index contributed by atoms with van der Waals surface area (Å²) in [6, 6.07) is 7.40. The third kappa shape index (κ3) is 3.21. The van der Waals surface area contributed by atoms with Crippen LogP contribution in [-0.2, 0) is 20.7 Å². The van der Waals surface area contributed by atoms with Crippen molar-refractivity contribution in [3.63, 3.8) is 0 Å². The van der Waals surface area contributed by atoms with Crippen molar-refractivity contribution in [2.45, 2.75) is 44.8 Å². The second kappa shape index (κ2) is 6.40. The molecule has 2 fully saturated rings. The number of benzene rings is 1. The molecule has 0 spiro atoms. The first-order valence-corrected chi connectivity index (χ1v) is 7.98. The fourth-order valence-electron chi connectivity index (χ4n) is 3.07. The Balaban J connectivity index is 1.69. The summed E-state index contributed by atoms with van der Waals surface area (Å²) in [4.78, 5) is 36.7. The van der Waals surface area contributed by atoms with E-state index < -0.39 is 18.0 Å². The van der Waals surface area contributed by atoms with Crippen molar-refractivity contribution in [2.75, 3.05) is 6.54 Å². The summed E-state index contributed by atoms with van der Waals surface area (Å²) in [6.45, 7) is 2.46. The van der Waals surface area contributed by atoms with Crippen LogP contribution in [-0.4, -0.2) is 35.4 Å². The van der Waals surface area contributed by atoms with Gasteiger partial charge in [0.2, 0.25) is 11.8 Å². The number of carbonyl (C=O) groups excluding carboxylic acids is 3. The molecule has 0 saturated carbocycles. The molecule has 1 N–H and O–H groups in total. The van der Waals surface area contributed by atoms with E-state index in [1.165, 1.54) is 10.5 Å². The molecule has 3 rings (SSSR count). The zero-order valence-electron chi connectivity index (χ0n) is 13.1. The van der Waals surface area contributed by atoms with Crippen molar-refractivity contribution in [2.24, 2.45) is 0 Å². The Hall–Kier alpha value is -2.37. The maximum absolute atomic E-state index is 12.1. The molecule has 2 saturated heterocycles. The molecule has 122 valence electrons. The topological polar surface area (TPSA) is 75.7 Å². The van der Waals surface area contributed by atoms with Crippen LogP contribution >= 0.6 is 0 Å². The molecule has 6 nitrogen and oxygen atoms in total. The quantitative estimate of drug-likeness (QED) is 0.861. The SMILES string of the molecule is CCCc1ccc([C@H]2CN(C3CCC(=O)NC3=O)C(=O)O2)cc1. The normalized spacial score (nSPS) is 24.6. The van der Waals surface area contributed by atoms with Crippen molar-refractivity contribution in [1.82, 2.24) is 10.2 Å². The monoisotopic (exact) mass is 316 g/mol. The summed E-state index contributed by atoms with van der Waals surface area (Å²) >= 11 is 0. The van der Waals surface area contributed by atoms with Gasteiger partial charge in [-0.3, -0.25) is 19.8 Å². The summed E-state index contributed by atoms with van der Waals surface area (Å²) in [6.07, 6.45) is 1.83. The highest BCUT2D eigenvalue weighted by molar-refractivity contribution is 6.01. The van der Waals surface area contributed by atoms with Gasteiger partial charge in [0.05, 0.1) is 6.54 Å². The Morgan fingerprint density at radius 2 is 1.96 bits per heavy atom. The Morgan fingerprint density at radius 3 is 2.61 bits per heavy atom. The molecule has 3 amide bonds. The number of imide groups is 1. The molecule has 0 aromatic heterocycles. The van der Waals surface area contributed by atoms with E-state index in [1.54, 1.807) is 0 Å². The minimum atomic E-state index is -0.621. The minimum absolute atomic E-state index is 0.247. The van der Waals surface area contributed by atoms with Crippen LogP contribution in [0.2, 0.25) is 0 Å². The molecule has 1 unspecified atom stereocenters. The van der Waals surface area contributed by atoms with Gasteiger partial charge in [-0.2, -0.15) is 0 Å². The van der Waals surface area contributed by atoms with Gasteiger partial charge < -0.3 is 4.74 Å². The Labute approximate surface area is 134 Å². The number of ether oxygens (including phenoxy) is 1. The first-order valence-electron chi connectivity index (χ1n) is 7.98. The van der Waals surface area contributed by atoms with Crippen molar-refractivity contribution in [3.05, 3.63) is 35.4 Å². The van der Waals surface area contributed by atoms with Crippen LogP contribution in [0.25, 0.3) is 0 Å². The average Bonchev–Trinajstić information content (AvgIpc) is 2.90. The highest BCUT2D eigenvalue weighted by Gasteiger charge is 2.41. The molecular formula is C17H20N2O4. The summed E-state index contributed by atoms with van der Waals surface area (Å²) in [5, 5.41) is 2.28. The van der Waals surface area contributed by atoms with Gasteiger partial charge in [0.15, 0.2) is 0 Å². The predicted molar refractivity (Wildman–Crippen MR) is 82.5 cm³/mol. The van der Waals surface area contributed by atoms with Crippen molar-refractivity contribution in [1.29, 1.82) is 0 Å². The molecule has 0 bridgehead atoms. The minimum Gasteiger partial charge on any atom is -0.439 e. The van der Waals surface area contributed by atoms with Crippen LogP contribution in [0.1, 0.15) is 43.4 Å². The van der Waals surface area contributed by atoms with Gasteiger partial charge in [0, 0.05) is 6.42 Å². The first kappa shape index (κ1) is 15.5. The van der Waals surface area contributed by atoms with E-state index >= 15 is 0 Å². The van der Waals surface area contributed by atoms with Crippen LogP contribution in [0.3, 0.4) is 0 Å². The number of rotatable bonds is 4. The molecule has 0 aliphatic carbocycles. The maximum atomic E-state index is 12.1. The van der Waals surface area contributed by atoms with E-state index in [0.717, 1.165) is 18.4 Å². The molecule has 1 aromatic carbocycles. The summed E-state index contributed by atoms with van der Waals surface area (Å²) in [5.41, 5.74) is 2.18. The standard InChI is InChI=1S/C17H20N2O4/c1-2-3-11-4-6-12(7-5-11)14-10-19(17(22)23-14)13-8-9-15(20)18-16(13)21/h4-7,13-14H,2-3,8-10H2,1H3,(H,18,20,21)/t13?,14-/m1/s1. The fourth-order valence-corrected chi connectivity index (χ4v) is 3.07. The van der Waals surface area contributed by atoms with Crippen LogP contribution in [0, 0.1) is 0 Å². The van der Waals surface area contributed by atoms with E-state index in [-0.39, 0.29) is 18.4 Å². The van der Waals surface area contributed by atoms with Gasteiger partial charge in [-0.1, -0.05) is 37.6 Å². The van der Waals surface area contributed by atoms with E-state index in [2.05, 4.69) is 12.2 Å². The Morgan fingerprint density at radius 1 is 1.22 bits per heavy atom. The van der Waals surface area contributed by atoms with Crippen molar-refractivity contribution >= 4 is 17.9 Å². The molecule has 2 heterocycles. The van der Waals surface area contributed by atoms with Gasteiger partial charge in [-0.15, -0.1) is 0 Å². The number of aryl methyl sites for hydroxylation is 1. The van der Waals surface area contributed by atoms with Gasteiger partial charge in [-0.05, 0) is 24.0 Å². The number of nitrogens with zero attached hydrogens (tertiary/aromatic N) is 1. The van der Waals surface area contributed by atoms with Gasteiger partial charge in [-0.25, -0.2) is 4.79 Å². The van der Waals surface area contributed by atoms with Crippen molar-refractivity contribution < 1.29 is 19.1 Å². The Bertz CT molecular complexity index is 626. The van der Waals surface area contributed by atoms with E-state index in [0.29, 0.717) is 13.0 Å². The van der Waals surface area contributed by atoms with Crippen LogP contribution in [0.5, 0.6) is 0 Å². The van der Waals surface area contributed by atoms with E-state index in [4.69, 9.17) is 4.74 Å². The number of piperidine rings is 1. The van der Waals surface area contributed by atoms with Crippen LogP contribution < -0.4 is 5.32 Å². The largest absolute Gasteiger partial charge is 0.439 e. The molecule has 2 aliphatic heterocycles. The third-order valence-corrected chi connectivity index (χ3v) is 4.32. The van der Waals surface area contributed by atoms with Gasteiger partial charge in [0.1, 0.15) is 12.1 Å². The lowest BCUT2D eigenvalue weighted by Crippen LogP contribution is -2.52. The van der Waals surface area contributed by atoms with Crippen molar-refractivity contribution in [3.8, 4) is 0 Å². The first-order chi connectivity index (χ1) is 11.1. The third-order valence-electron chi connectivity index (χ3n) is 4.32. The number of hydrogen-bond donors (Lipinski definition) is 1. The second-order valence-corrected chi connectivity index (χ2v) is 5.98. The molecular weight excluding hydrogens is 296 g/mol. The summed E-state index contributed by atoms with van der Waals surface area (Å²) < 4.78 is 5.41. The van der Waals surface area contributed by atoms with Gasteiger partial charge in [0.25, 0.3) is 0 Å². The molecule has 0 radical (unpaired) electrons. The lowest BCUT2D eigenvalue weighted by Gasteiger charge is -2.27. The smallest absolute Gasteiger partial charge is 0.411 e. The lowest BCUT2D eigenvalue weighted by molar-refractivity contribution is -0.136. The second-order valence-electron chi connectivity index (χ2n) is 5.98. The summed E-state index contributed by atoms with van der Waals surface area (Å²) in [5.74, 6) is -0.709. The predicted octanol–water partition coefficient (Wildman–Crippen LogP) is 1.94. The molecule has 1 aromatic rings. The van der Waals surface area contributed by atoms with Crippen LogP contribution in [0.15, 0.2) is 24.3 Å². The molecule has 2 atom stereocenters. The number of cyclic esters (lactones) is 1. The fraction of sp³-hybridized carbons (Fsp3) is 0.471. The van der Waals surface area contributed by atoms with Crippen LogP contribution in [0.4, 0.5) is 4.79 Å². The highest BCUT2D eigenvalue weighted by atomic mass is 16.6. The van der Waals surface area contributed by atoms with E-state index in [9.17, 15) is 14.4 Å². The number of amides is 3. The Kier molecular flexibility index (Phi) is 4.32. The highest BCUT2D eigenvalue weighted by Crippen LogP contribution is 2.29. The zero-order valence-corrected chi connectivity index (χ0v) is 13.1. The lowest BCUT2D eigenvalue weighted by atomic mass is 10.0. The number of nitrogens with one attached hydrogen (secondary N) is 1. The molecule has 6 heteroatoms.